The summed E-state index contributed by atoms with van der Waals surface area (Å²) in [6.45, 7) is 0. The molecule has 0 radical (unpaired) electrons. The van der Waals surface area contributed by atoms with Crippen LogP contribution in [0.15, 0.2) is 0 Å². The van der Waals surface area contributed by atoms with Crippen LogP contribution in [0, 0.1) is 0 Å². The Bertz CT molecular complexity index is 196. The zero-order chi connectivity index (χ0) is 9.04. The summed E-state index contributed by atoms with van der Waals surface area (Å²) in [5.41, 5.74) is 0. The number of hydrogen-bond donors (Lipinski definition) is 0. The third-order valence-corrected chi connectivity index (χ3v) is 16.4. The van der Waals surface area contributed by atoms with Gasteiger partial charge in [-0.15, -0.1) is 0 Å². The van der Waals surface area contributed by atoms with E-state index in [0.29, 0.717) is 4.32 Å². The van der Waals surface area contributed by atoms with Gasteiger partial charge in [-0.25, -0.2) is 0 Å². The molecule has 2 rings (SSSR count). The summed E-state index contributed by atoms with van der Waals surface area (Å²) >= 11 is 2.31. The summed E-state index contributed by atoms with van der Waals surface area (Å²) in [5.74, 6) is 0. The summed E-state index contributed by atoms with van der Waals surface area (Å²) in [7, 11) is 0. The van der Waals surface area contributed by atoms with Gasteiger partial charge in [0.15, 0.2) is 0 Å². The molecule has 0 nitrogen and oxygen atoms in total. The zero-order valence-electron chi connectivity index (χ0n) is 8.41. The molecule has 0 unspecified atom stereocenters. The van der Waals surface area contributed by atoms with Crippen molar-refractivity contribution in [3.8, 4) is 0 Å². The van der Waals surface area contributed by atoms with Crippen molar-refractivity contribution >= 4 is 34.3 Å². The maximum absolute atomic E-state index is 3.95. The second-order valence-corrected chi connectivity index (χ2v) is 23.4. The van der Waals surface area contributed by atoms with Gasteiger partial charge in [-0.1, -0.05) is 0 Å². The first-order valence-corrected chi connectivity index (χ1v) is 15.8. The second-order valence-electron chi connectivity index (χ2n) is 5.86. The third kappa shape index (κ3) is 1.30. The van der Waals surface area contributed by atoms with E-state index in [1.807, 2.05) is 0 Å². The molecule has 2 aliphatic rings. The Kier molecular flexibility index (Phi) is 2.17. The molecule has 70 valence electrons. The maximum atomic E-state index is 3.95. The molecule has 2 saturated carbocycles. The SMILES string of the molecule is [CH3][Sn]([CH3])([CH3])[C]12CCC(Br)(CC1)C2. The predicted octanol–water partition coefficient (Wildman–Crippen LogP) is 4.18. The normalized spacial score (nSPS) is 47.0. The molecule has 0 amide bonds. The zero-order valence-corrected chi connectivity index (χ0v) is 12.9. The van der Waals surface area contributed by atoms with Crippen LogP contribution in [-0.4, -0.2) is 22.7 Å². The molecule has 2 heteroatoms. The average molecular weight is 338 g/mol. The Morgan fingerprint density at radius 2 is 1.50 bits per heavy atom. The van der Waals surface area contributed by atoms with Crippen LogP contribution in [0.3, 0.4) is 0 Å². The van der Waals surface area contributed by atoms with E-state index in [-0.39, 0.29) is 0 Å². The monoisotopic (exact) mass is 338 g/mol. The van der Waals surface area contributed by atoms with Gasteiger partial charge in [0.2, 0.25) is 0 Å². The first-order valence-electron chi connectivity index (χ1n) is 5.06. The fraction of sp³-hybridized carbons (Fsp3) is 1.00. The Hall–Kier alpha value is 1.28. The van der Waals surface area contributed by atoms with Crippen molar-refractivity contribution in [3.63, 3.8) is 0 Å². The first kappa shape index (κ1) is 9.82. The van der Waals surface area contributed by atoms with E-state index in [1.165, 1.54) is 32.1 Å². The van der Waals surface area contributed by atoms with Gasteiger partial charge in [0, 0.05) is 0 Å². The van der Waals surface area contributed by atoms with Gasteiger partial charge in [0.25, 0.3) is 0 Å². The molecular weight excluding hydrogens is 319 g/mol. The van der Waals surface area contributed by atoms with Gasteiger partial charge in [-0.2, -0.15) is 0 Å². The van der Waals surface area contributed by atoms with Gasteiger partial charge in [-0.05, 0) is 0 Å². The molecule has 0 aliphatic heterocycles. The first-order chi connectivity index (χ1) is 5.37. The second kappa shape index (κ2) is 2.65. The van der Waals surface area contributed by atoms with Gasteiger partial charge in [0.05, 0.1) is 0 Å². The van der Waals surface area contributed by atoms with Crippen LogP contribution in [0.1, 0.15) is 32.1 Å². The summed E-state index contributed by atoms with van der Waals surface area (Å²) in [6.07, 6.45) is 7.51. The average Bonchev–Trinajstić information content (AvgIpc) is 2.40. The number of fused-ring (bicyclic) bond motifs is 2. The van der Waals surface area contributed by atoms with Crippen molar-refractivity contribution in [2.45, 2.75) is 54.7 Å². The molecule has 0 aromatic carbocycles. The van der Waals surface area contributed by atoms with Crippen LogP contribution in [0.4, 0.5) is 0 Å². The van der Waals surface area contributed by atoms with E-state index in [2.05, 4.69) is 30.7 Å². The number of halogens is 1. The predicted molar refractivity (Wildman–Crippen MR) is 60.8 cm³/mol. The summed E-state index contributed by atoms with van der Waals surface area (Å²) in [6, 6.07) is 0. The van der Waals surface area contributed by atoms with Gasteiger partial charge in [-0.3, -0.25) is 0 Å². The van der Waals surface area contributed by atoms with Crippen molar-refractivity contribution in [2.24, 2.45) is 0 Å². The summed E-state index contributed by atoms with van der Waals surface area (Å²) < 4.78 is 1.47. The molecule has 12 heavy (non-hydrogen) atoms. The fourth-order valence-electron chi connectivity index (χ4n) is 3.15. The van der Waals surface area contributed by atoms with Gasteiger partial charge >= 0.3 is 89.0 Å². The number of rotatable bonds is 1. The summed E-state index contributed by atoms with van der Waals surface area (Å²) in [5, 5.41) is 0. The van der Waals surface area contributed by atoms with E-state index in [4.69, 9.17) is 0 Å². The van der Waals surface area contributed by atoms with Crippen LogP contribution >= 0.6 is 15.9 Å². The van der Waals surface area contributed by atoms with E-state index >= 15 is 0 Å². The van der Waals surface area contributed by atoms with Crippen molar-refractivity contribution in [1.29, 1.82) is 0 Å². The van der Waals surface area contributed by atoms with Crippen molar-refractivity contribution in [1.82, 2.24) is 0 Å². The molecule has 0 atom stereocenters. The Labute approximate surface area is 88.5 Å². The molecule has 2 aliphatic carbocycles. The Morgan fingerprint density at radius 3 is 1.67 bits per heavy atom. The standard InChI is InChI=1S/C7H10Br.3CH3.Sn/c8-7-3-1-6(5-7)2-4-7;;;;/h1-5H2;3*1H3;. The molecule has 2 bridgehead atoms. The van der Waals surface area contributed by atoms with Crippen molar-refractivity contribution in [3.05, 3.63) is 0 Å². The molecule has 0 saturated heterocycles. The minimum atomic E-state index is -1.64. The summed E-state index contributed by atoms with van der Waals surface area (Å²) in [4.78, 5) is 7.87. The molecule has 2 fully saturated rings. The number of hydrogen-bond acceptors (Lipinski definition) is 0. The Morgan fingerprint density at radius 1 is 1.00 bits per heavy atom. The topological polar surface area (TPSA) is 0 Å². The molecule has 0 aromatic heterocycles. The molecule has 0 aromatic rings. The van der Waals surface area contributed by atoms with E-state index in [9.17, 15) is 0 Å². The molecule has 0 N–H and O–H groups in total. The van der Waals surface area contributed by atoms with Crippen LogP contribution in [0.25, 0.3) is 0 Å². The Balaban J connectivity index is 2.27. The number of alkyl halides is 1. The van der Waals surface area contributed by atoms with Crippen LogP contribution in [0.2, 0.25) is 18.2 Å². The van der Waals surface area contributed by atoms with Crippen LogP contribution < -0.4 is 0 Å². The quantitative estimate of drug-likeness (QED) is 0.497. The molecule has 0 heterocycles. The van der Waals surface area contributed by atoms with E-state index in [0.717, 1.165) is 3.43 Å². The van der Waals surface area contributed by atoms with E-state index in [1.54, 1.807) is 0 Å². The molecular formula is C10H19BrSn. The van der Waals surface area contributed by atoms with Gasteiger partial charge in [0.1, 0.15) is 0 Å². The van der Waals surface area contributed by atoms with E-state index < -0.39 is 18.4 Å². The fourth-order valence-corrected chi connectivity index (χ4v) is 12.3. The molecule has 0 spiro atoms. The van der Waals surface area contributed by atoms with Crippen LogP contribution in [0.5, 0.6) is 0 Å². The van der Waals surface area contributed by atoms with Crippen molar-refractivity contribution in [2.75, 3.05) is 0 Å². The van der Waals surface area contributed by atoms with Crippen LogP contribution in [-0.2, 0) is 0 Å². The third-order valence-electron chi connectivity index (χ3n) is 4.35. The van der Waals surface area contributed by atoms with Gasteiger partial charge < -0.3 is 0 Å². The van der Waals surface area contributed by atoms with Crippen molar-refractivity contribution < 1.29 is 0 Å². The minimum absolute atomic E-state index is 0.594.